The monoisotopic (exact) mass is 332 g/mol. The highest BCUT2D eigenvalue weighted by Crippen LogP contribution is 2.21. The Morgan fingerprint density at radius 1 is 1.27 bits per heavy atom. The molecule has 2 atom stereocenters. The quantitative estimate of drug-likeness (QED) is 0.696. The van der Waals surface area contributed by atoms with E-state index in [0.29, 0.717) is 19.4 Å². The number of aliphatic hydroxyl groups is 1. The summed E-state index contributed by atoms with van der Waals surface area (Å²) < 4.78 is 23.0. The number of aliphatic hydroxyl groups excluding tert-OH is 1. The molecular weight excluding hydrogens is 308 g/mol. The minimum Gasteiger partial charge on any atom is -0.396 e. The fourth-order valence-corrected chi connectivity index (χ4v) is 5.01. The highest BCUT2D eigenvalue weighted by atomic mass is 32.2. The van der Waals surface area contributed by atoms with Crippen molar-refractivity contribution in [3.8, 4) is 0 Å². The van der Waals surface area contributed by atoms with E-state index in [1.807, 2.05) is 0 Å². The number of likely N-dealkylation sites (N-methyl/N-ethyl adjacent to an activating group) is 1. The van der Waals surface area contributed by atoms with Crippen molar-refractivity contribution in [3.05, 3.63) is 0 Å². The van der Waals surface area contributed by atoms with Crippen LogP contribution in [0, 0.1) is 0 Å². The zero-order valence-electron chi connectivity index (χ0n) is 12.9. The van der Waals surface area contributed by atoms with Gasteiger partial charge in [-0.3, -0.25) is 9.59 Å². The van der Waals surface area contributed by atoms with Crippen molar-refractivity contribution in [2.75, 3.05) is 31.7 Å². The molecule has 0 bridgehead atoms. The Bertz CT molecular complexity index is 531. The van der Waals surface area contributed by atoms with Crippen LogP contribution in [0.3, 0.4) is 0 Å². The van der Waals surface area contributed by atoms with Crippen molar-refractivity contribution in [3.63, 3.8) is 0 Å². The van der Waals surface area contributed by atoms with E-state index in [9.17, 15) is 18.0 Å². The molecule has 2 saturated heterocycles. The summed E-state index contributed by atoms with van der Waals surface area (Å²) in [7, 11) is -1.60. The van der Waals surface area contributed by atoms with Crippen LogP contribution in [0.5, 0.6) is 0 Å². The predicted octanol–water partition coefficient (Wildman–Crippen LogP) is -0.605. The maximum atomic E-state index is 12.4. The summed E-state index contributed by atoms with van der Waals surface area (Å²) in [5, 5.41) is 9.10. The zero-order valence-corrected chi connectivity index (χ0v) is 13.7. The molecule has 2 heterocycles. The van der Waals surface area contributed by atoms with Gasteiger partial charge in [-0.05, 0) is 32.1 Å². The SMILES string of the molecule is CN(C(=O)C(=O)N1CCCCC1CCO)C1CCS(=O)(=O)C1. The Morgan fingerprint density at radius 2 is 2.00 bits per heavy atom. The maximum absolute atomic E-state index is 12.4. The lowest BCUT2D eigenvalue weighted by atomic mass is 9.99. The fraction of sp³-hybridized carbons (Fsp3) is 0.857. The highest BCUT2D eigenvalue weighted by Gasteiger charge is 2.37. The molecule has 2 unspecified atom stereocenters. The fourth-order valence-electron chi connectivity index (χ4n) is 3.24. The van der Waals surface area contributed by atoms with E-state index in [0.717, 1.165) is 19.3 Å². The first kappa shape index (κ1) is 17.2. The molecule has 0 aromatic carbocycles. The van der Waals surface area contributed by atoms with Gasteiger partial charge in [-0.1, -0.05) is 0 Å². The molecule has 2 amide bonds. The summed E-state index contributed by atoms with van der Waals surface area (Å²) in [5.74, 6) is -1.22. The van der Waals surface area contributed by atoms with E-state index in [4.69, 9.17) is 5.11 Å². The van der Waals surface area contributed by atoms with Crippen LogP contribution in [-0.4, -0.2) is 78.9 Å². The molecule has 1 N–H and O–H groups in total. The second-order valence-electron chi connectivity index (χ2n) is 6.13. The lowest BCUT2D eigenvalue weighted by Crippen LogP contribution is -2.52. The van der Waals surface area contributed by atoms with Crippen LogP contribution < -0.4 is 0 Å². The second-order valence-corrected chi connectivity index (χ2v) is 8.36. The summed E-state index contributed by atoms with van der Waals surface area (Å²) in [6, 6.07) is -0.515. The molecule has 0 radical (unpaired) electrons. The number of carbonyl (C=O) groups is 2. The lowest BCUT2D eigenvalue weighted by Gasteiger charge is -2.36. The Kier molecular flexibility index (Phi) is 5.44. The van der Waals surface area contributed by atoms with Gasteiger partial charge in [0.1, 0.15) is 0 Å². The molecule has 0 saturated carbocycles. The van der Waals surface area contributed by atoms with E-state index < -0.39 is 27.7 Å². The summed E-state index contributed by atoms with van der Waals surface area (Å²) in [6.07, 6.45) is 3.49. The number of hydrogen-bond donors (Lipinski definition) is 1. The number of rotatable bonds is 3. The average Bonchev–Trinajstić information content (AvgIpc) is 2.86. The molecule has 0 aliphatic carbocycles. The van der Waals surface area contributed by atoms with Crippen LogP contribution >= 0.6 is 0 Å². The highest BCUT2D eigenvalue weighted by molar-refractivity contribution is 7.91. The number of piperidine rings is 1. The first-order valence-corrected chi connectivity index (χ1v) is 9.57. The third-order valence-corrected chi connectivity index (χ3v) is 6.36. The van der Waals surface area contributed by atoms with Gasteiger partial charge >= 0.3 is 11.8 Å². The maximum Gasteiger partial charge on any atom is 0.312 e. The average molecular weight is 332 g/mol. The molecule has 0 aromatic heterocycles. The molecule has 2 aliphatic rings. The topological polar surface area (TPSA) is 95.0 Å². The second kappa shape index (κ2) is 6.95. The van der Waals surface area contributed by atoms with Crippen LogP contribution in [-0.2, 0) is 19.4 Å². The van der Waals surface area contributed by atoms with Crippen LogP contribution in [0.15, 0.2) is 0 Å². The van der Waals surface area contributed by atoms with Gasteiger partial charge in [-0.25, -0.2) is 8.42 Å². The van der Waals surface area contributed by atoms with Crippen molar-refractivity contribution in [1.29, 1.82) is 0 Å². The number of carbonyl (C=O) groups excluding carboxylic acids is 2. The molecule has 7 nitrogen and oxygen atoms in total. The summed E-state index contributed by atoms with van der Waals surface area (Å²) in [5.41, 5.74) is 0. The first-order valence-electron chi connectivity index (χ1n) is 7.75. The normalized spacial score (nSPS) is 27.6. The van der Waals surface area contributed by atoms with Crippen molar-refractivity contribution >= 4 is 21.7 Å². The molecule has 8 heteroatoms. The van der Waals surface area contributed by atoms with Crippen LogP contribution in [0.2, 0.25) is 0 Å². The Morgan fingerprint density at radius 3 is 2.59 bits per heavy atom. The Hall–Kier alpha value is -1.15. The van der Waals surface area contributed by atoms with E-state index in [1.54, 1.807) is 4.90 Å². The zero-order chi connectivity index (χ0) is 16.3. The smallest absolute Gasteiger partial charge is 0.312 e. The van der Waals surface area contributed by atoms with Gasteiger partial charge in [0.15, 0.2) is 9.84 Å². The van der Waals surface area contributed by atoms with Gasteiger partial charge in [-0.2, -0.15) is 0 Å². The van der Waals surface area contributed by atoms with Gasteiger partial charge in [0.2, 0.25) is 0 Å². The van der Waals surface area contributed by atoms with Gasteiger partial charge in [0.25, 0.3) is 0 Å². The van der Waals surface area contributed by atoms with Gasteiger partial charge in [-0.15, -0.1) is 0 Å². The number of sulfone groups is 1. The third-order valence-electron chi connectivity index (χ3n) is 4.61. The van der Waals surface area contributed by atoms with Crippen LogP contribution in [0.25, 0.3) is 0 Å². The number of hydrogen-bond acceptors (Lipinski definition) is 5. The molecule has 0 spiro atoms. The van der Waals surface area contributed by atoms with Crippen molar-refractivity contribution in [2.24, 2.45) is 0 Å². The van der Waals surface area contributed by atoms with E-state index in [-0.39, 0.29) is 24.2 Å². The minimum atomic E-state index is -3.10. The number of amides is 2. The van der Waals surface area contributed by atoms with E-state index in [2.05, 4.69) is 0 Å². The summed E-state index contributed by atoms with van der Waals surface area (Å²) >= 11 is 0. The molecule has 22 heavy (non-hydrogen) atoms. The minimum absolute atomic E-state index is 0.0145. The molecule has 2 aliphatic heterocycles. The van der Waals surface area contributed by atoms with Crippen LogP contribution in [0.1, 0.15) is 32.1 Å². The molecule has 126 valence electrons. The summed E-state index contributed by atoms with van der Waals surface area (Å²) in [6.45, 7) is 0.505. The molecule has 0 aromatic rings. The van der Waals surface area contributed by atoms with Gasteiger partial charge in [0, 0.05) is 32.3 Å². The lowest BCUT2D eigenvalue weighted by molar-refractivity contribution is -0.154. The van der Waals surface area contributed by atoms with Crippen molar-refractivity contribution in [1.82, 2.24) is 9.80 Å². The molecule has 2 rings (SSSR count). The third kappa shape index (κ3) is 3.78. The Labute approximate surface area is 131 Å². The first-order chi connectivity index (χ1) is 10.4. The molecule has 2 fully saturated rings. The van der Waals surface area contributed by atoms with Crippen LogP contribution in [0.4, 0.5) is 0 Å². The van der Waals surface area contributed by atoms with Gasteiger partial charge < -0.3 is 14.9 Å². The van der Waals surface area contributed by atoms with Crippen molar-refractivity contribution in [2.45, 2.75) is 44.2 Å². The Balaban J connectivity index is 2.02. The standard InChI is InChI=1S/C14H24N2O5S/c1-15(12-6-9-22(20,21)10-12)13(18)14(19)16-7-3-2-4-11(16)5-8-17/h11-12,17H,2-10H2,1H3. The number of nitrogens with zero attached hydrogens (tertiary/aromatic N) is 2. The largest absolute Gasteiger partial charge is 0.396 e. The van der Waals surface area contributed by atoms with E-state index >= 15 is 0 Å². The van der Waals surface area contributed by atoms with Gasteiger partial charge in [0.05, 0.1) is 11.5 Å². The van der Waals surface area contributed by atoms with Crippen molar-refractivity contribution < 1.29 is 23.1 Å². The molecular formula is C14H24N2O5S. The van der Waals surface area contributed by atoms with E-state index in [1.165, 1.54) is 11.9 Å². The number of likely N-dealkylation sites (tertiary alicyclic amines) is 1. The summed E-state index contributed by atoms with van der Waals surface area (Å²) in [4.78, 5) is 27.6. The predicted molar refractivity (Wildman–Crippen MR) is 80.9 cm³/mol.